The first-order valence-corrected chi connectivity index (χ1v) is 10.6. The maximum Gasteiger partial charge on any atom is 0.294 e. The Hall–Kier alpha value is -2.70. The zero-order valence-electron chi connectivity index (χ0n) is 14.1. The Morgan fingerprint density at radius 1 is 0.857 bits per heavy atom. The van der Waals surface area contributed by atoms with Gasteiger partial charge in [-0.2, -0.15) is 16.8 Å². The van der Waals surface area contributed by atoms with Crippen LogP contribution in [0, 0.1) is 0 Å². The van der Waals surface area contributed by atoms with Gasteiger partial charge in [0.25, 0.3) is 20.2 Å². The topological polar surface area (TPSA) is 150 Å². The molecule has 0 bridgehead atoms. The number of benzene rings is 3. The standard InChI is InChI=1S/C17H15NO8S2/c19-16-9-14(28(23,24)25)7-12-6-13(27(20,21)22)8-15(17(12)16)18-26-10-11-4-2-1-3-5-11/h1-9,18-19H,10H2,(H,20,21,22)(H,23,24,25). The summed E-state index contributed by atoms with van der Waals surface area (Å²) in [6, 6.07) is 12.8. The van der Waals surface area contributed by atoms with E-state index in [-0.39, 0.29) is 23.1 Å². The van der Waals surface area contributed by atoms with Gasteiger partial charge < -0.3 is 5.11 Å². The number of fused-ring (bicyclic) bond motifs is 1. The highest BCUT2D eigenvalue weighted by molar-refractivity contribution is 7.86. The summed E-state index contributed by atoms with van der Waals surface area (Å²) in [4.78, 5) is 4.13. The van der Waals surface area contributed by atoms with Crippen molar-refractivity contribution >= 4 is 36.7 Å². The van der Waals surface area contributed by atoms with Crippen LogP contribution in [-0.2, 0) is 31.7 Å². The third-order valence-electron chi connectivity index (χ3n) is 3.83. The normalized spacial score (nSPS) is 12.2. The summed E-state index contributed by atoms with van der Waals surface area (Å²) in [6.07, 6.45) is 0. The minimum absolute atomic E-state index is 0.0274. The molecule has 0 heterocycles. The van der Waals surface area contributed by atoms with Crippen molar-refractivity contribution < 1.29 is 35.9 Å². The highest BCUT2D eigenvalue weighted by Crippen LogP contribution is 2.36. The van der Waals surface area contributed by atoms with Crippen LogP contribution in [0.2, 0.25) is 0 Å². The molecule has 0 unspecified atom stereocenters. The fraction of sp³-hybridized carbons (Fsp3) is 0.0588. The first-order valence-electron chi connectivity index (χ1n) is 7.73. The predicted octanol–water partition coefficient (Wildman–Crippen LogP) is 2.58. The van der Waals surface area contributed by atoms with Crippen molar-refractivity contribution in [2.45, 2.75) is 16.4 Å². The second-order valence-corrected chi connectivity index (χ2v) is 8.68. The van der Waals surface area contributed by atoms with Crippen LogP contribution in [-0.4, -0.2) is 31.0 Å². The number of aromatic hydroxyl groups is 1. The number of anilines is 1. The van der Waals surface area contributed by atoms with Crippen molar-refractivity contribution in [1.82, 2.24) is 0 Å². The van der Waals surface area contributed by atoms with Gasteiger partial charge in [0.1, 0.15) is 5.75 Å². The number of hydrogen-bond donors (Lipinski definition) is 4. The lowest BCUT2D eigenvalue weighted by Crippen LogP contribution is -2.05. The molecule has 0 aliphatic rings. The van der Waals surface area contributed by atoms with Gasteiger partial charge in [0, 0.05) is 11.5 Å². The molecule has 4 N–H and O–H groups in total. The summed E-state index contributed by atoms with van der Waals surface area (Å²) >= 11 is 0. The molecule has 148 valence electrons. The van der Waals surface area contributed by atoms with E-state index >= 15 is 0 Å². The number of rotatable bonds is 6. The Kier molecular flexibility index (Phi) is 5.28. The molecule has 0 aromatic heterocycles. The van der Waals surface area contributed by atoms with Crippen LogP contribution in [0.4, 0.5) is 5.69 Å². The van der Waals surface area contributed by atoms with Crippen LogP contribution in [0.15, 0.2) is 64.4 Å². The van der Waals surface area contributed by atoms with Crippen LogP contribution in [0.3, 0.4) is 0 Å². The van der Waals surface area contributed by atoms with Crippen molar-refractivity contribution in [2.75, 3.05) is 5.48 Å². The average Bonchev–Trinajstić information content (AvgIpc) is 2.60. The number of phenolic OH excluding ortho intramolecular Hbond substituents is 1. The summed E-state index contributed by atoms with van der Waals surface area (Å²) in [5.74, 6) is -0.544. The van der Waals surface area contributed by atoms with Gasteiger partial charge in [0.05, 0.1) is 22.1 Å². The van der Waals surface area contributed by atoms with Crippen LogP contribution in [0.25, 0.3) is 10.8 Å². The predicted molar refractivity (Wildman–Crippen MR) is 100 cm³/mol. The van der Waals surface area contributed by atoms with Crippen LogP contribution < -0.4 is 5.48 Å². The third-order valence-corrected chi connectivity index (χ3v) is 5.50. The maximum atomic E-state index is 11.5. The van der Waals surface area contributed by atoms with Crippen molar-refractivity contribution in [3.8, 4) is 5.75 Å². The molecule has 3 rings (SSSR count). The quantitative estimate of drug-likeness (QED) is 0.345. The van der Waals surface area contributed by atoms with Gasteiger partial charge in [-0.3, -0.25) is 19.4 Å². The summed E-state index contributed by atoms with van der Waals surface area (Å²) in [7, 11) is -9.30. The molecule has 3 aromatic carbocycles. The Bertz CT molecular complexity index is 1230. The molecule has 0 radical (unpaired) electrons. The van der Waals surface area contributed by atoms with Crippen LogP contribution in [0.1, 0.15) is 5.56 Å². The molecule has 0 spiro atoms. The molecule has 0 aliphatic carbocycles. The van der Waals surface area contributed by atoms with Crippen molar-refractivity contribution in [3.63, 3.8) is 0 Å². The summed E-state index contributed by atoms with van der Waals surface area (Å²) in [6.45, 7) is 0.0995. The minimum atomic E-state index is -4.65. The number of nitrogens with one attached hydrogen (secondary N) is 1. The fourth-order valence-electron chi connectivity index (χ4n) is 2.59. The second-order valence-electron chi connectivity index (χ2n) is 5.84. The molecular formula is C17H15NO8S2. The van der Waals surface area contributed by atoms with Crippen molar-refractivity contribution in [3.05, 3.63) is 60.2 Å². The average molecular weight is 425 g/mol. The van der Waals surface area contributed by atoms with Gasteiger partial charge in [-0.05, 0) is 29.1 Å². The van der Waals surface area contributed by atoms with E-state index < -0.39 is 35.8 Å². The minimum Gasteiger partial charge on any atom is -0.507 e. The Balaban J connectivity index is 2.08. The highest BCUT2D eigenvalue weighted by atomic mass is 32.2. The summed E-state index contributed by atoms with van der Waals surface area (Å²) in [5, 5.41) is 10.2. The molecule has 0 saturated heterocycles. The first-order chi connectivity index (χ1) is 13.1. The monoisotopic (exact) mass is 425 g/mol. The maximum absolute atomic E-state index is 11.5. The van der Waals surface area contributed by atoms with E-state index in [1.54, 1.807) is 24.3 Å². The molecule has 0 aliphatic heterocycles. The van der Waals surface area contributed by atoms with Crippen LogP contribution >= 0.6 is 0 Å². The fourth-order valence-corrected chi connectivity index (χ4v) is 3.67. The van der Waals surface area contributed by atoms with E-state index in [0.717, 1.165) is 29.8 Å². The third kappa shape index (κ3) is 4.40. The molecular weight excluding hydrogens is 410 g/mol. The Labute approximate surface area is 160 Å². The van der Waals surface area contributed by atoms with Gasteiger partial charge in [-0.25, -0.2) is 0 Å². The van der Waals surface area contributed by atoms with Gasteiger partial charge in [-0.1, -0.05) is 30.3 Å². The molecule has 3 aromatic rings. The second kappa shape index (κ2) is 7.37. The highest BCUT2D eigenvalue weighted by Gasteiger charge is 2.19. The van der Waals surface area contributed by atoms with Gasteiger partial charge in [0.15, 0.2) is 0 Å². The number of phenols is 1. The van der Waals surface area contributed by atoms with Crippen molar-refractivity contribution in [2.24, 2.45) is 0 Å². The molecule has 0 fully saturated rings. The van der Waals surface area contributed by atoms with Crippen molar-refractivity contribution in [1.29, 1.82) is 0 Å². The van der Waals surface area contributed by atoms with E-state index in [1.807, 2.05) is 6.07 Å². The Morgan fingerprint density at radius 2 is 1.43 bits per heavy atom. The Morgan fingerprint density at radius 3 is 2.00 bits per heavy atom. The smallest absolute Gasteiger partial charge is 0.294 e. The summed E-state index contributed by atoms with van der Waals surface area (Å²) < 4.78 is 64.4. The largest absolute Gasteiger partial charge is 0.507 e. The van der Waals surface area contributed by atoms with Gasteiger partial charge in [0.2, 0.25) is 0 Å². The lowest BCUT2D eigenvalue weighted by molar-refractivity contribution is 0.180. The lowest BCUT2D eigenvalue weighted by Gasteiger charge is -2.14. The molecule has 0 amide bonds. The van der Waals surface area contributed by atoms with Gasteiger partial charge in [-0.15, -0.1) is 0 Å². The molecule has 0 atom stereocenters. The molecule has 11 heteroatoms. The van der Waals surface area contributed by atoms with E-state index in [1.165, 1.54) is 0 Å². The molecule has 0 saturated carbocycles. The summed E-state index contributed by atoms with van der Waals surface area (Å²) in [5.41, 5.74) is 3.28. The van der Waals surface area contributed by atoms with E-state index in [4.69, 9.17) is 4.84 Å². The first kappa shape index (κ1) is 20.0. The molecule has 9 nitrogen and oxygen atoms in total. The van der Waals surface area contributed by atoms with E-state index in [2.05, 4.69) is 5.48 Å². The van der Waals surface area contributed by atoms with E-state index in [0.29, 0.717) is 0 Å². The number of hydrogen-bond acceptors (Lipinski definition) is 7. The molecule has 28 heavy (non-hydrogen) atoms. The van der Waals surface area contributed by atoms with Gasteiger partial charge >= 0.3 is 0 Å². The van der Waals surface area contributed by atoms with Crippen LogP contribution in [0.5, 0.6) is 5.75 Å². The van der Waals surface area contributed by atoms with E-state index in [9.17, 15) is 31.0 Å². The zero-order chi connectivity index (χ0) is 20.5. The zero-order valence-corrected chi connectivity index (χ0v) is 15.7. The SMILES string of the molecule is O=S(=O)(O)c1cc(O)c2c(NOCc3ccccc3)cc(S(=O)(=O)O)cc2c1. The lowest BCUT2D eigenvalue weighted by atomic mass is 10.1.